The molecule has 0 atom stereocenters. The molecule has 0 heterocycles. The zero-order chi connectivity index (χ0) is 28.7. The van der Waals surface area contributed by atoms with E-state index in [9.17, 15) is 0 Å². The van der Waals surface area contributed by atoms with Crippen molar-refractivity contribution >= 4 is 46.2 Å². The van der Waals surface area contributed by atoms with E-state index >= 15 is 8.39 Å². The van der Waals surface area contributed by atoms with Crippen LogP contribution in [0.1, 0.15) is 33.4 Å². The summed E-state index contributed by atoms with van der Waals surface area (Å²) < 4.78 is 36.6. The van der Waals surface area contributed by atoms with Gasteiger partial charge in [-0.15, -0.1) is 0 Å². The molecule has 0 saturated carbocycles. The van der Waals surface area contributed by atoms with E-state index in [0.717, 1.165) is 33.2 Å². The van der Waals surface area contributed by atoms with Crippen LogP contribution in [0.4, 0.5) is 8.39 Å². The molecule has 4 heteroatoms. The minimum absolute atomic E-state index is 0.0839. The summed E-state index contributed by atoms with van der Waals surface area (Å²) >= 11 is 0. The van der Waals surface area contributed by atoms with Gasteiger partial charge in [-0.3, -0.25) is 0 Å². The SMILES string of the molecule is Cc1cc(C)c(B(c2ccccc2P(F)(F)(c2ccccc2)c2ccccc2)c2c(C)cc(C)cc2C)c(C)c1. The van der Waals surface area contributed by atoms with Crippen LogP contribution in [-0.4, -0.2) is 6.71 Å². The summed E-state index contributed by atoms with van der Waals surface area (Å²) in [5, 5.41) is 0.302. The summed E-state index contributed by atoms with van der Waals surface area (Å²) in [4.78, 5) is 0. The van der Waals surface area contributed by atoms with Gasteiger partial charge in [-0.1, -0.05) is 0 Å². The van der Waals surface area contributed by atoms with E-state index in [4.69, 9.17) is 0 Å². The molecule has 0 fully saturated rings. The second kappa shape index (κ2) is 10.5. The quantitative estimate of drug-likeness (QED) is 0.165. The van der Waals surface area contributed by atoms with Gasteiger partial charge in [0.1, 0.15) is 0 Å². The Morgan fingerprint density at radius 2 is 0.825 bits per heavy atom. The second-order valence-electron chi connectivity index (χ2n) is 11.2. The van der Waals surface area contributed by atoms with Gasteiger partial charge in [-0.05, 0) is 0 Å². The fourth-order valence-electron chi connectivity index (χ4n) is 6.64. The number of benzene rings is 5. The molecule has 0 radical (unpaired) electrons. The summed E-state index contributed by atoms with van der Waals surface area (Å²) in [5.41, 5.74) is 9.70. The number of hydrogen-bond acceptors (Lipinski definition) is 0. The van der Waals surface area contributed by atoms with Crippen LogP contribution in [0.3, 0.4) is 0 Å². The maximum atomic E-state index is 18.3. The molecule has 202 valence electrons. The average molecular weight is 548 g/mol. The molecular formula is C36H36BF2P. The van der Waals surface area contributed by atoms with Gasteiger partial charge < -0.3 is 0 Å². The first-order valence-corrected chi connectivity index (χ1v) is 15.9. The molecule has 40 heavy (non-hydrogen) atoms. The maximum absolute atomic E-state index is 18.3. The van der Waals surface area contributed by atoms with Crippen LogP contribution >= 0.6 is 7.22 Å². The van der Waals surface area contributed by atoms with E-state index in [2.05, 4.69) is 65.8 Å². The predicted molar refractivity (Wildman–Crippen MR) is 173 cm³/mol. The molecule has 5 aromatic rings. The molecule has 0 aliphatic carbocycles. The molecule has 0 amide bonds. The van der Waals surface area contributed by atoms with Crippen LogP contribution in [0.5, 0.6) is 0 Å². The summed E-state index contributed by atoms with van der Waals surface area (Å²) in [6.07, 6.45) is 0. The Hall–Kier alpha value is -3.55. The van der Waals surface area contributed by atoms with Crippen LogP contribution in [0.25, 0.3) is 0 Å². The summed E-state index contributed by atoms with van der Waals surface area (Å²) in [5.74, 6) is 0. The summed E-state index contributed by atoms with van der Waals surface area (Å²) in [6.45, 7) is 12.3. The van der Waals surface area contributed by atoms with Crippen molar-refractivity contribution in [2.75, 3.05) is 0 Å². The Balaban J connectivity index is 1.95. The normalized spacial score (nSPS) is 12.6. The summed E-state index contributed by atoms with van der Waals surface area (Å²) in [7, 11) is -5.86. The van der Waals surface area contributed by atoms with Gasteiger partial charge in [0.15, 0.2) is 0 Å². The number of rotatable bonds is 6. The Morgan fingerprint density at radius 3 is 1.23 bits per heavy atom. The number of aryl methyl sites for hydroxylation is 6. The molecule has 5 rings (SSSR count). The third-order valence-corrected chi connectivity index (χ3v) is 11.8. The van der Waals surface area contributed by atoms with Crippen LogP contribution in [0, 0.1) is 41.5 Å². The fourth-order valence-corrected chi connectivity index (χ4v) is 9.89. The third kappa shape index (κ3) is 4.61. The zero-order valence-corrected chi connectivity index (χ0v) is 25.1. The van der Waals surface area contributed by atoms with Gasteiger partial charge in [0.2, 0.25) is 0 Å². The van der Waals surface area contributed by atoms with Crippen molar-refractivity contribution < 1.29 is 8.39 Å². The van der Waals surface area contributed by atoms with Gasteiger partial charge in [0.05, 0.1) is 0 Å². The number of halogens is 2. The van der Waals surface area contributed by atoms with Crippen molar-refractivity contribution in [3.05, 3.63) is 143 Å². The van der Waals surface area contributed by atoms with E-state index in [1.807, 2.05) is 12.1 Å². The average Bonchev–Trinajstić information content (AvgIpc) is 2.92. The van der Waals surface area contributed by atoms with Gasteiger partial charge in [0, 0.05) is 0 Å². The van der Waals surface area contributed by atoms with Gasteiger partial charge in [0.25, 0.3) is 0 Å². The van der Waals surface area contributed by atoms with Crippen molar-refractivity contribution in [1.82, 2.24) is 0 Å². The first kappa shape index (κ1) is 28.0. The van der Waals surface area contributed by atoms with E-state index in [0.29, 0.717) is 5.46 Å². The molecular weight excluding hydrogens is 512 g/mol. The van der Waals surface area contributed by atoms with Crippen molar-refractivity contribution in [2.45, 2.75) is 41.5 Å². The van der Waals surface area contributed by atoms with Gasteiger partial charge >= 0.3 is 239 Å². The number of hydrogen-bond donors (Lipinski definition) is 0. The second-order valence-corrected chi connectivity index (χ2v) is 14.5. The first-order valence-electron chi connectivity index (χ1n) is 13.8. The van der Waals surface area contributed by atoms with Crippen LogP contribution in [0.15, 0.2) is 109 Å². The standard InChI is InChI=1S/C36H36BF2P/c1-25-21-27(3)35(28(4)22-25)37(36-29(5)23-26(2)24-30(36)6)33-19-13-14-20-34(33)40(38,39,31-15-9-7-10-16-31)32-17-11-8-12-18-32/h7-24H,1-6H3. The van der Waals surface area contributed by atoms with Crippen LogP contribution < -0.4 is 32.3 Å². The molecule has 0 saturated heterocycles. The molecule has 0 bridgehead atoms. The Morgan fingerprint density at radius 1 is 0.475 bits per heavy atom. The monoisotopic (exact) mass is 548 g/mol. The van der Waals surface area contributed by atoms with E-state index in [1.54, 1.807) is 72.8 Å². The van der Waals surface area contributed by atoms with E-state index in [1.165, 1.54) is 11.1 Å². The van der Waals surface area contributed by atoms with Crippen molar-refractivity contribution in [2.24, 2.45) is 0 Å². The molecule has 0 aliphatic rings. The Labute approximate surface area is 238 Å². The van der Waals surface area contributed by atoms with Gasteiger partial charge in [-0.2, -0.15) is 0 Å². The van der Waals surface area contributed by atoms with Gasteiger partial charge in [-0.25, -0.2) is 0 Å². The van der Waals surface area contributed by atoms with Crippen LogP contribution in [-0.2, 0) is 0 Å². The minimum atomic E-state index is -5.86. The van der Waals surface area contributed by atoms with E-state index < -0.39 is 7.22 Å². The van der Waals surface area contributed by atoms with Crippen molar-refractivity contribution in [1.29, 1.82) is 0 Å². The molecule has 0 N–H and O–H groups in total. The third-order valence-electron chi connectivity index (χ3n) is 8.14. The molecule has 0 nitrogen and oxygen atoms in total. The molecule has 0 aromatic heterocycles. The first-order chi connectivity index (χ1) is 19.0. The molecule has 0 aliphatic heterocycles. The Kier molecular flexibility index (Phi) is 7.32. The van der Waals surface area contributed by atoms with Crippen LogP contribution in [0.2, 0.25) is 0 Å². The van der Waals surface area contributed by atoms with Crippen molar-refractivity contribution in [3.8, 4) is 0 Å². The Bertz CT molecular complexity index is 1550. The zero-order valence-electron chi connectivity index (χ0n) is 24.2. The topological polar surface area (TPSA) is 0 Å². The fraction of sp³-hybridized carbons (Fsp3) is 0.167. The molecule has 0 unspecified atom stereocenters. The summed E-state index contributed by atoms with van der Waals surface area (Å²) in [6, 6.07) is 32.9. The van der Waals surface area contributed by atoms with E-state index in [-0.39, 0.29) is 22.6 Å². The predicted octanol–water partition coefficient (Wildman–Crippen LogP) is 6.65. The molecule has 5 aromatic carbocycles. The molecule has 0 spiro atoms. The van der Waals surface area contributed by atoms with Crippen molar-refractivity contribution in [3.63, 3.8) is 0 Å².